The number of nitrogens with one attached hydrogen (secondary N) is 1. The van der Waals surface area contributed by atoms with E-state index in [1.807, 2.05) is 12.1 Å². The Morgan fingerprint density at radius 2 is 2.24 bits per heavy atom. The zero-order chi connectivity index (χ0) is 17.8. The van der Waals surface area contributed by atoms with Gasteiger partial charge >= 0.3 is 0 Å². The second-order valence-corrected chi connectivity index (χ2v) is 6.11. The van der Waals surface area contributed by atoms with Gasteiger partial charge in [-0.1, -0.05) is 18.7 Å². The van der Waals surface area contributed by atoms with Crippen molar-refractivity contribution in [3.63, 3.8) is 0 Å². The first-order chi connectivity index (χ1) is 12.1. The number of benzene rings is 1. The number of nitrogens with zero attached hydrogens (tertiary/aromatic N) is 4. The number of carbonyl (C=O) groups is 2. The van der Waals surface area contributed by atoms with E-state index in [0.717, 1.165) is 36.6 Å². The lowest BCUT2D eigenvalue weighted by Crippen LogP contribution is -2.29. The predicted molar refractivity (Wildman–Crippen MR) is 93.8 cm³/mol. The molecule has 0 spiro atoms. The van der Waals surface area contributed by atoms with E-state index in [0.29, 0.717) is 12.2 Å². The molecule has 0 aliphatic carbocycles. The Labute approximate surface area is 146 Å². The van der Waals surface area contributed by atoms with Crippen molar-refractivity contribution in [1.29, 1.82) is 0 Å². The number of fused-ring (bicyclic) bond motifs is 1. The van der Waals surface area contributed by atoms with Crippen LogP contribution in [-0.4, -0.2) is 38.5 Å². The third-order valence-corrected chi connectivity index (χ3v) is 4.23. The van der Waals surface area contributed by atoms with Gasteiger partial charge in [-0.05, 0) is 30.2 Å². The highest BCUT2D eigenvalue weighted by atomic mass is 16.2. The molecule has 0 saturated carbocycles. The standard InChI is InChI=1S/C18H21N5O2/c1-3-17(24)19-14-7-4-6-13(10-14)11-18(25)22(2)12-16-21-20-15-8-5-9-23(15)16/h3-4,6-7,10H,1,5,8-9,11-12H2,2H3,(H,19,24). The second kappa shape index (κ2) is 7.29. The highest BCUT2D eigenvalue weighted by Crippen LogP contribution is 2.16. The molecule has 2 aromatic rings. The summed E-state index contributed by atoms with van der Waals surface area (Å²) in [7, 11) is 1.77. The Balaban J connectivity index is 1.62. The predicted octanol–water partition coefficient (Wildman–Crippen LogP) is 1.55. The summed E-state index contributed by atoms with van der Waals surface area (Å²) >= 11 is 0. The smallest absolute Gasteiger partial charge is 0.247 e. The Kier molecular flexibility index (Phi) is 4.92. The molecule has 0 atom stereocenters. The first-order valence-corrected chi connectivity index (χ1v) is 8.24. The van der Waals surface area contributed by atoms with Gasteiger partial charge in [0.1, 0.15) is 5.82 Å². The number of hydrogen-bond acceptors (Lipinski definition) is 4. The molecule has 0 unspecified atom stereocenters. The molecule has 25 heavy (non-hydrogen) atoms. The van der Waals surface area contributed by atoms with Crippen molar-refractivity contribution >= 4 is 17.5 Å². The number of aromatic nitrogens is 3. The van der Waals surface area contributed by atoms with Crippen molar-refractivity contribution in [2.24, 2.45) is 0 Å². The number of carbonyl (C=O) groups excluding carboxylic acids is 2. The summed E-state index contributed by atoms with van der Waals surface area (Å²) in [4.78, 5) is 25.5. The van der Waals surface area contributed by atoms with E-state index in [4.69, 9.17) is 0 Å². The molecule has 1 aliphatic rings. The summed E-state index contributed by atoms with van der Waals surface area (Å²) in [5.41, 5.74) is 1.48. The highest BCUT2D eigenvalue weighted by molar-refractivity contribution is 5.98. The zero-order valence-electron chi connectivity index (χ0n) is 14.2. The normalized spacial score (nSPS) is 12.5. The summed E-state index contributed by atoms with van der Waals surface area (Å²) in [5, 5.41) is 11.0. The molecule has 7 nitrogen and oxygen atoms in total. The summed E-state index contributed by atoms with van der Waals surface area (Å²) in [6.07, 6.45) is 3.50. The molecule has 1 aliphatic heterocycles. The SMILES string of the molecule is C=CC(=O)Nc1cccc(CC(=O)N(C)Cc2nnc3n2CCC3)c1. The lowest BCUT2D eigenvalue weighted by atomic mass is 10.1. The van der Waals surface area contributed by atoms with Crippen LogP contribution in [0.15, 0.2) is 36.9 Å². The average Bonchev–Trinajstić information content (AvgIpc) is 3.20. The van der Waals surface area contributed by atoms with Crippen LogP contribution in [0.2, 0.25) is 0 Å². The van der Waals surface area contributed by atoms with Crippen molar-refractivity contribution < 1.29 is 9.59 Å². The lowest BCUT2D eigenvalue weighted by Gasteiger charge is -2.17. The number of rotatable bonds is 6. The van der Waals surface area contributed by atoms with Crippen LogP contribution in [-0.2, 0) is 35.5 Å². The Bertz CT molecular complexity index is 812. The number of aryl methyl sites for hydroxylation is 1. The van der Waals surface area contributed by atoms with Gasteiger partial charge in [0, 0.05) is 25.7 Å². The quantitative estimate of drug-likeness (QED) is 0.810. The monoisotopic (exact) mass is 339 g/mol. The van der Waals surface area contributed by atoms with Gasteiger partial charge in [0.15, 0.2) is 5.82 Å². The Hall–Kier alpha value is -2.96. The molecule has 0 radical (unpaired) electrons. The van der Waals surface area contributed by atoms with Crippen LogP contribution in [0, 0.1) is 0 Å². The molecule has 3 rings (SSSR count). The van der Waals surface area contributed by atoms with E-state index < -0.39 is 0 Å². The molecule has 1 N–H and O–H groups in total. The molecule has 1 aromatic carbocycles. The number of anilines is 1. The maximum absolute atomic E-state index is 12.5. The van der Waals surface area contributed by atoms with Crippen LogP contribution >= 0.6 is 0 Å². The van der Waals surface area contributed by atoms with Crippen molar-refractivity contribution in [3.8, 4) is 0 Å². The molecule has 0 bridgehead atoms. The summed E-state index contributed by atoms with van der Waals surface area (Å²) in [6.45, 7) is 4.79. The minimum Gasteiger partial charge on any atom is -0.338 e. The van der Waals surface area contributed by atoms with Crippen molar-refractivity contribution in [3.05, 3.63) is 54.1 Å². The van der Waals surface area contributed by atoms with Crippen LogP contribution in [0.1, 0.15) is 23.6 Å². The Morgan fingerprint density at radius 1 is 1.40 bits per heavy atom. The molecular weight excluding hydrogens is 318 g/mol. The van der Waals surface area contributed by atoms with E-state index in [-0.39, 0.29) is 18.2 Å². The first kappa shape index (κ1) is 16.9. The fourth-order valence-electron chi connectivity index (χ4n) is 2.89. The molecule has 2 heterocycles. The van der Waals surface area contributed by atoms with Gasteiger partial charge in [0.25, 0.3) is 0 Å². The molecule has 2 amide bonds. The zero-order valence-corrected chi connectivity index (χ0v) is 14.2. The van der Waals surface area contributed by atoms with Gasteiger partial charge in [0.2, 0.25) is 11.8 Å². The second-order valence-electron chi connectivity index (χ2n) is 6.11. The topological polar surface area (TPSA) is 80.1 Å². The summed E-state index contributed by atoms with van der Waals surface area (Å²) < 4.78 is 2.09. The first-order valence-electron chi connectivity index (χ1n) is 8.24. The summed E-state index contributed by atoms with van der Waals surface area (Å²) in [5.74, 6) is 1.54. The van der Waals surface area contributed by atoms with Crippen LogP contribution in [0.3, 0.4) is 0 Å². The number of hydrogen-bond donors (Lipinski definition) is 1. The maximum atomic E-state index is 12.5. The lowest BCUT2D eigenvalue weighted by molar-refractivity contribution is -0.129. The van der Waals surface area contributed by atoms with Gasteiger partial charge in [-0.25, -0.2) is 0 Å². The van der Waals surface area contributed by atoms with Crippen molar-refractivity contribution in [2.45, 2.75) is 32.4 Å². The van der Waals surface area contributed by atoms with E-state index in [2.05, 4.69) is 26.7 Å². The molecule has 0 saturated heterocycles. The minimum atomic E-state index is -0.277. The minimum absolute atomic E-state index is 0.0115. The third kappa shape index (κ3) is 3.93. The third-order valence-electron chi connectivity index (χ3n) is 4.23. The van der Waals surface area contributed by atoms with Crippen LogP contribution < -0.4 is 5.32 Å². The van der Waals surface area contributed by atoms with Crippen LogP contribution in [0.25, 0.3) is 0 Å². The van der Waals surface area contributed by atoms with Gasteiger partial charge in [-0.15, -0.1) is 10.2 Å². The van der Waals surface area contributed by atoms with Crippen molar-refractivity contribution in [1.82, 2.24) is 19.7 Å². The highest BCUT2D eigenvalue weighted by Gasteiger charge is 2.20. The fraction of sp³-hybridized carbons (Fsp3) is 0.333. The van der Waals surface area contributed by atoms with Gasteiger partial charge in [-0.3, -0.25) is 9.59 Å². The van der Waals surface area contributed by atoms with E-state index in [1.54, 1.807) is 24.1 Å². The van der Waals surface area contributed by atoms with E-state index in [9.17, 15) is 9.59 Å². The van der Waals surface area contributed by atoms with E-state index >= 15 is 0 Å². The number of likely N-dealkylation sites (N-methyl/N-ethyl adjacent to an activating group) is 1. The van der Waals surface area contributed by atoms with Gasteiger partial charge < -0.3 is 14.8 Å². The van der Waals surface area contributed by atoms with Crippen LogP contribution in [0.5, 0.6) is 0 Å². The van der Waals surface area contributed by atoms with Gasteiger partial charge in [0.05, 0.1) is 13.0 Å². The van der Waals surface area contributed by atoms with Gasteiger partial charge in [-0.2, -0.15) is 0 Å². The molecule has 7 heteroatoms. The largest absolute Gasteiger partial charge is 0.338 e. The van der Waals surface area contributed by atoms with Crippen LogP contribution in [0.4, 0.5) is 5.69 Å². The average molecular weight is 339 g/mol. The molecule has 130 valence electrons. The van der Waals surface area contributed by atoms with E-state index in [1.165, 1.54) is 6.08 Å². The van der Waals surface area contributed by atoms with Crippen molar-refractivity contribution in [2.75, 3.05) is 12.4 Å². The fourth-order valence-corrected chi connectivity index (χ4v) is 2.89. The molecule has 1 aromatic heterocycles. The Morgan fingerprint density at radius 3 is 3.04 bits per heavy atom. The number of amides is 2. The molecule has 0 fully saturated rings. The maximum Gasteiger partial charge on any atom is 0.247 e. The molecular formula is C18H21N5O2. The summed E-state index contributed by atoms with van der Waals surface area (Å²) in [6, 6.07) is 7.25.